The molecule has 9 heteroatoms. The van der Waals surface area contributed by atoms with Gasteiger partial charge < -0.3 is 15.7 Å². The zero-order chi connectivity index (χ0) is 21.4. The Balaban J connectivity index is 1.87. The minimum atomic E-state index is -1.24. The molecule has 1 heterocycles. The lowest BCUT2D eigenvalue weighted by molar-refractivity contribution is -0.380. The van der Waals surface area contributed by atoms with Gasteiger partial charge in [0.25, 0.3) is 5.91 Å². The van der Waals surface area contributed by atoms with E-state index in [1.807, 2.05) is 31.2 Å². The van der Waals surface area contributed by atoms with E-state index in [9.17, 15) is 24.8 Å². The second-order valence-electron chi connectivity index (χ2n) is 6.14. The van der Waals surface area contributed by atoms with Gasteiger partial charge in [-0.1, -0.05) is 48.3 Å². The number of carbonyl (C=O) groups excluding carboxylic acids is 2. The lowest BCUT2D eigenvalue weighted by atomic mass is 10.1. The molecule has 8 nitrogen and oxygen atoms in total. The molecule has 0 aliphatic carbocycles. The number of nitro groups is 1. The molecule has 0 saturated carbocycles. The quantitative estimate of drug-likeness (QED) is 0.252. The van der Waals surface area contributed by atoms with Crippen LogP contribution in [0.2, 0.25) is 0 Å². The van der Waals surface area contributed by atoms with Gasteiger partial charge in [-0.3, -0.25) is 19.7 Å². The van der Waals surface area contributed by atoms with Crippen molar-refractivity contribution in [3.05, 3.63) is 81.2 Å². The van der Waals surface area contributed by atoms with Crippen molar-refractivity contribution in [1.82, 2.24) is 10.6 Å². The molecule has 0 fully saturated rings. The number of rotatable bonds is 9. The Labute approximate surface area is 171 Å². The van der Waals surface area contributed by atoms with Gasteiger partial charge in [-0.25, -0.2) is 0 Å². The maximum Gasteiger partial charge on any atom is 0.324 e. The summed E-state index contributed by atoms with van der Waals surface area (Å²) in [6.07, 6.45) is 2.78. The van der Waals surface area contributed by atoms with E-state index >= 15 is 0 Å². The molecule has 2 atom stereocenters. The van der Waals surface area contributed by atoms with Crippen LogP contribution in [0.25, 0.3) is 6.08 Å². The van der Waals surface area contributed by atoms with Crippen LogP contribution in [0.5, 0.6) is 0 Å². The summed E-state index contributed by atoms with van der Waals surface area (Å²) in [6, 6.07) is 10.0. The van der Waals surface area contributed by atoms with E-state index in [4.69, 9.17) is 0 Å². The number of aliphatic hydroxyl groups is 1. The van der Waals surface area contributed by atoms with Crippen molar-refractivity contribution >= 4 is 34.2 Å². The van der Waals surface area contributed by atoms with E-state index in [0.29, 0.717) is 4.88 Å². The zero-order valence-electron chi connectivity index (χ0n) is 15.7. The highest BCUT2D eigenvalue weighted by Gasteiger charge is 2.11. The second kappa shape index (κ2) is 10.3. The van der Waals surface area contributed by atoms with Crippen molar-refractivity contribution in [2.24, 2.45) is 0 Å². The molecule has 0 radical (unpaired) electrons. The van der Waals surface area contributed by atoms with E-state index in [2.05, 4.69) is 17.2 Å². The maximum atomic E-state index is 12.1. The number of thiophene rings is 1. The molecular weight excluding hydrogens is 394 g/mol. The molecule has 29 heavy (non-hydrogen) atoms. The van der Waals surface area contributed by atoms with Crippen LogP contribution in [0.3, 0.4) is 0 Å². The number of carbonyl (C=O) groups is 2. The average Bonchev–Trinajstić information content (AvgIpc) is 3.19. The maximum absolute atomic E-state index is 12.1. The molecule has 152 valence electrons. The molecule has 1 aromatic heterocycles. The van der Waals surface area contributed by atoms with Crippen LogP contribution in [0.4, 0.5) is 5.00 Å². The fourth-order valence-electron chi connectivity index (χ4n) is 2.36. The molecule has 2 rings (SSSR count). The topological polar surface area (TPSA) is 122 Å². The second-order valence-corrected chi connectivity index (χ2v) is 7.23. The fourth-order valence-corrected chi connectivity index (χ4v) is 3.08. The third-order valence-corrected chi connectivity index (χ3v) is 4.99. The summed E-state index contributed by atoms with van der Waals surface area (Å²) in [5.41, 5.74) is 1.72. The third kappa shape index (κ3) is 6.66. The third-order valence-electron chi connectivity index (χ3n) is 3.99. The van der Waals surface area contributed by atoms with Crippen LogP contribution in [0.1, 0.15) is 29.0 Å². The molecule has 3 N–H and O–H groups in total. The first-order valence-corrected chi connectivity index (χ1v) is 9.51. The summed E-state index contributed by atoms with van der Waals surface area (Å²) in [6.45, 7) is 5.45. The minimum absolute atomic E-state index is 0.0220. The molecule has 0 saturated heterocycles. The Hall–Kier alpha value is -3.30. The van der Waals surface area contributed by atoms with E-state index in [1.54, 1.807) is 6.07 Å². The number of hydrogen-bond donors (Lipinski definition) is 3. The predicted octanol–water partition coefficient (Wildman–Crippen LogP) is 2.71. The Morgan fingerprint density at radius 1 is 1.28 bits per heavy atom. The zero-order valence-corrected chi connectivity index (χ0v) is 16.5. The first-order valence-electron chi connectivity index (χ1n) is 8.70. The van der Waals surface area contributed by atoms with E-state index in [-0.39, 0.29) is 23.5 Å². The largest absolute Gasteiger partial charge is 0.379 e. The van der Waals surface area contributed by atoms with Gasteiger partial charge in [0.15, 0.2) is 6.10 Å². The molecule has 2 amide bonds. The first kappa shape index (κ1) is 22.0. The van der Waals surface area contributed by atoms with Gasteiger partial charge in [-0.15, -0.1) is 0 Å². The Morgan fingerprint density at radius 3 is 2.55 bits per heavy atom. The number of aliphatic hydroxyl groups excluding tert-OH is 1. The van der Waals surface area contributed by atoms with Crippen LogP contribution in [0.15, 0.2) is 55.1 Å². The molecule has 0 aliphatic heterocycles. The lowest BCUT2D eigenvalue weighted by Crippen LogP contribution is -2.32. The highest BCUT2D eigenvalue weighted by atomic mass is 32.1. The summed E-state index contributed by atoms with van der Waals surface area (Å²) in [5.74, 6) is -0.837. The van der Waals surface area contributed by atoms with Gasteiger partial charge in [0.2, 0.25) is 5.91 Å². The Morgan fingerprint density at radius 2 is 1.97 bits per heavy atom. The summed E-state index contributed by atoms with van der Waals surface area (Å²) < 4.78 is 0. The van der Waals surface area contributed by atoms with Gasteiger partial charge >= 0.3 is 5.00 Å². The highest BCUT2D eigenvalue weighted by molar-refractivity contribution is 7.16. The molecule has 0 aliphatic rings. The van der Waals surface area contributed by atoms with Crippen molar-refractivity contribution in [2.75, 3.05) is 0 Å². The molecule has 1 unspecified atom stereocenters. The van der Waals surface area contributed by atoms with Crippen LogP contribution in [0, 0.1) is 10.1 Å². The lowest BCUT2D eigenvalue weighted by Gasteiger charge is -2.14. The van der Waals surface area contributed by atoms with Crippen LogP contribution >= 0.6 is 11.3 Å². The molecule has 0 bridgehead atoms. The summed E-state index contributed by atoms with van der Waals surface area (Å²) in [7, 11) is 0. The molecule has 2 aromatic rings. The molecular formula is C20H21N3O5S. The van der Waals surface area contributed by atoms with E-state index < -0.39 is 16.9 Å². The standard InChI is InChI=1S/C20H21N3O5S/c1-3-17(24)20(26)21-12-14-4-6-15(7-5-14)13(2)22-18(25)10-8-16-9-11-19(29-16)23(27)28/h3-11,13,17,24H,1,12H2,2H3,(H,21,26)(H,22,25)/b10-8+/t13-,17?/m1/s1. The van der Waals surface area contributed by atoms with Crippen molar-refractivity contribution in [3.63, 3.8) is 0 Å². The minimum Gasteiger partial charge on any atom is -0.379 e. The average molecular weight is 415 g/mol. The van der Waals surface area contributed by atoms with Gasteiger partial charge in [0.1, 0.15) is 0 Å². The van der Waals surface area contributed by atoms with Crippen LogP contribution in [-0.4, -0.2) is 27.9 Å². The van der Waals surface area contributed by atoms with Crippen molar-refractivity contribution in [1.29, 1.82) is 0 Å². The van der Waals surface area contributed by atoms with E-state index in [0.717, 1.165) is 28.5 Å². The number of nitrogens with zero attached hydrogens (tertiary/aromatic N) is 1. The van der Waals surface area contributed by atoms with E-state index in [1.165, 1.54) is 18.2 Å². The van der Waals surface area contributed by atoms with Gasteiger partial charge in [-0.2, -0.15) is 0 Å². The SMILES string of the molecule is C=CC(O)C(=O)NCc1ccc([C@@H](C)NC(=O)/C=C/c2ccc([N+](=O)[O-])s2)cc1. The number of amides is 2. The van der Waals surface area contributed by atoms with Crippen molar-refractivity contribution in [2.45, 2.75) is 25.6 Å². The Kier molecular flexibility index (Phi) is 7.81. The monoisotopic (exact) mass is 415 g/mol. The Bertz CT molecular complexity index is 920. The first-order chi connectivity index (χ1) is 13.8. The normalized spacial score (nSPS) is 12.9. The fraction of sp³-hybridized carbons (Fsp3) is 0.200. The number of nitrogens with one attached hydrogen (secondary N) is 2. The van der Waals surface area contributed by atoms with Crippen LogP contribution < -0.4 is 10.6 Å². The van der Waals surface area contributed by atoms with Gasteiger partial charge in [0, 0.05) is 23.6 Å². The summed E-state index contributed by atoms with van der Waals surface area (Å²) in [4.78, 5) is 34.4. The molecule has 0 spiro atoms. The molecule has 1 aromatic carbocycles. The smallest absolute Gasteiger partial charge is 0.324 e. The van der Waals surface area contributed by atoms with Gasteiger partial charge in [0.05, 0.1) is 11.0 Å². The summed E-state index contributed by atoms with van der Waals surface area (Å²) in [5, 5.41) is 25.4. The van der Waals surface area contributed by atoms with Crippen molar-refractivity contribution < 1.29 is 19.6 Å². The van der Waals surface area contributed by atoms with Crippen LogP contribution in [-0.2, 0) is 16.1 Å². The number of benzene rings is 1. The van der Waals surface area contributed by atoms with Crippen molar-refractivity contribution in [3.8, 4) is 0 Å². The van der Waals surface area contributed by atoms with Gasteiger partial charge in [-0.05, 0) is 30.2 Å². The predicted molar refractivity (Wildman–Crippen MR) is 111 cm³/mol. The highest BCUT2D eigenvalue weighted by Crippen LogP contribution is 2.24. The summed E-state index contributed by atoms with van der Waals surface area (Å²) >= 11 is 0.993. The number of hydrogen-bond acceptors (Lipinski definition) is 6.